The average Bonchev–Trinajstić information content (AvgIpc) is 2.62. The van der Waals surface area contributed by atoms with Crippen molar-refractivity contribution in [1.82, 2.24) is 0 Å². The fourth-order valence-corrected chi connectivity index (χ4v) is 4.94. The number of fused-ring (bicyclic) bond motifs is 8. The number of nitroso groups, excluding NO2 is 1. The highest BCUT2D eigenvalue weighted by Crippen LogP contribution is 2.38. The second kappa shape index (κ2) is 9.59. The van der Waals surface area contributed by atoms with Crippen LogP contribution in [0.1, 0.15) is 46.5 Å². The molecular weight excluding hydrogens is 358 g/mol. The third kappa shape index (κ3) is 5.48. The molecule has 0 aromatic carbocycles. The molecule has 3 fully saturated rings. The van der Waals surface area contributed by atoms with Crippen LogP contribution in [0, 0.1) is 16.7 Å². The molecule has 0 spiro atoms. The molecule has 0 aliphatic carbocycles. The van der Waals surface area contributed by atoms with Crippen molar-refractivity contribution in [3.8, 4) is 0 Å². The van der Waals surface area contributed by atoms with E-state index in [1.54, 1.807) is 0 Å². The zero-order valence-electron chi connectivity index (χ0n) is 15.7. The van der Waals surface area contributed by atoms with Crippen molar-refractivity contribution in [3.05, 3.63) is 4.91 Å². The number of aliphatic hydroxyl groups is 2. The molecule has 3 saturated heterocycles. The van der Waals surface area contributed by atoms with E-state index >= 15 is 0 Å². The topological polar surface area (TPSA) is 105 Å². The molecule has 3 rings (SSSR count). The van der Waals surface area contributed by atoms with E-state index in [0.29, 0.717) is 12.0 Å². The Morgan fingerprint density at radius 2 is 2.04 bits per heavy atom. The normalized spacial score (nSPS) is 39.0. The Labute approximate surface area is 159 Å². The van der Waals surface area contributed by atoms with Crippen LogP contribution in [0.2, 0.25) is 0 Å². The summed E-state index contributed by atoms with van der Waals surface area (Å²) >= 11 is 1.40. The lowest BCUT2D eigenvalue weighted by Gasteiger charge is -2.46. The van der Waals surface area contributed by atoms with E-state index in [1.165, 1.54) is 11.8 Å². The zero-order chi connectivity index (χ0) is 19.3. The van der Waals surface area contributed by atoms with Gasteiger partial charge in [0.15, 0.2) is 12.3 Å². The molecule has 7 atom stereocenters. The smallest absolute Gasteiger partial charge is 0.186 e. The zero-order valence-corrected chi connectivity index (χ0v) is 16.6. The summed E-state index contributed by atoms with van der Waals surface area (Å²) in [6.07, 6.45) is 1.14. The van der Waals surface area contributed by atoms with Gasteiger partial charge in [0.2, 0.25) is 0 Å². The molecule has 0 radical (unpaired) electrons. The van der Waals surface area contributed by atoms with Crippen LogP contribution in [0.15, 0.2) is 5.18 Å². The number of hydrogen-bond donors (Lipinski definition) is 2. The minimum absolute atomic E-state index is 0.179. The SMILES string of the molecule is CC1CCCCC(C)(C)OC2OC(CSC[C@@H](C=O)N=O)C1C(O)C2O. The summed E-state index contributed by atoms with van der Waals surface area (Å²) in [7, 11) is 0. The predicted molar refractivity (Wildman–Crippen MR) is 99.9 cm³/mol. The summed E-state index contributed by atoms with van der Waals surface area (Å²) < 4.78 is 12.1. The molecule has 0 aromatic rings. The highest BCUT2D eigenvalue weighted by Gasteiger charge is 2.48. The van der Waals surface area contributed by atoms with Gasteiger partial charge in [-0.15, -0.1) is 0 Å². The lowest BCUT2D eigenvalue weighted by atomic mass is 9.78. The number of nitrogens with zero attached hydrogens (tertiary/aromatic N) is 1. The van der Waals surface area contributed by atoms with Gasteiger partial charge in [-0.2, -0.15) is 16.7 Å². The molecular formula is C18H31NO6S. The van der Waals surface area contributed by atoms with Gasteiger partial charge in [0.25, 0.3) is 0 Å². The molecule has 2 bridgehead atoms. The van der Waals surface area contributed by atoms with E-state index in [2.05, 4.69) is 12.1 Å². The third-order valence-electron chi connectivity index (χ3n) is 5.41. The van der Waals surface area contributed by atoms with Crippen molar-refractivity contribution < 1.29 is 24.5 Å². The lowest BCUT2D eigenvalue weighted by molar-refractivity contribution is -0.311. The highest BCUT2D eigenvalue weighted by molar-refractivity contribution is 7.99. The molecule has 3 heterocycles. The maximum atomic E-state index is 10.8. The van der Waals surface area contributed by atoms with E-state index in [-0.39, 0.29) is 23.7 Å². The Morgan fingerprint density at radius 1 is 1.31 bits per heavy atom. The molecule has 3 aliphatic rings. The number of ether oxygens (including phenoxy) is 2. The van der Waals surface area contributed by atoms with Crippen molar-refractivity contribution in [1.29, 1.82) is 0 Å². The Kier molecular flexibility index (Phi) is 8.03. The minimum atomic E-state index is -1.10. The number of aliphatic hydroxyl groups excluding tert-OH is 2. The van der Waals surface area contributed by atoms with Gasteiger partial charge in [-0.1, -0.05) is 31.4 Å². The second-order valence-corrected chi connectivity index (χ2v) is 9.12. The maximum absolute atomic E-state index is 10.8. The second-order valence-electron chi connectivity index (χ2n) is 8.05. The van der Waals surface area contributed by atoms with Crippen LogP contribution in [0.3, 0.4) is 0 Å². The molecule has 8 heteroatoms. The van der Waals surface area contributed by atoms with Gasteiger partial charge < -0.3 is 24.5 Å². The van der Waals surface area contributed by atoms with Crippen molar-refractivity contribution in [2.24, 2.45) is 17.0 Å². The largest absolute Gasteiger partial charge is 0.390 e. The van der Waals surface area contributed by atoms with Gasteiger partial charge in [-0.25, -0.2) is 0 Å². The molecule has 0 aromatic heterocycles. The van der Waals surface area contributed by atoms with Gasteiger partial charge in [0.05, 0.1) is 17.8 Å². The fraction of sp³-hybridized carbons (Fsp3) is 0.944. The number of rotatable bonds is 6. The fourth-order valence-electron chi connectivity index (χ4n) is 3.89. The summed E-state index contributed by atoms with van der Waals surface area (Å²) in [6, 6.07) is -0.872. The molecule has 3 aliphatic heterocycles. The lowest BCUT2D eigenvalue weighted by Crippen LogP contribution is -2.58. The first-order valence-electron chi connectivity index (χ1n) is 9.34. The van der Waals surface area contributed by atoms with Gasteiger partial charge in [0, 0.05) is 17.4 Å². The molecule has 2 N–H and O–H groups in total. The minimum Gasteiger partial charge on any atom is -0.390 e. The van der Waals surface area contributed by atoms with Crippen molar-refractivity contribution in [2.45, 2.75) is 82.7 Å². The Morgan fingerprint density at radius 3 is 2.69 bits per heavy atom. The van der Waals surface area contributed by atoms with Crippen LogP contribution < -0.4 is 0 Å². The molecule has 7 nitrogen and oxygen atoms in total. The average molecular weight is 390 g/mol. The molecule has 150 valence electrons. The summed E-state index contributed by atoms with van der Waals surface area (Å²) in [5, 5.41) is 24.1. The van der Waals surface area contributed by atoms with E-state index in [4.69, 9.17) is 9.47 Å². The standard InChI is InChI=1S/C18H31NO6S/c1-11-6-4-5-7-18(2,3)25-17-16(22)15(21)14(11)13(24-17)10-26-9-12(8-20)19-23/h8,11-17,21-22H,4-7,9-10H2,1-3H3/t11?,12-,13?,14?,15?,16?,17?/m1/s1. The molecule has 26 heavy (non-hydrogen) atoms. The molecule has 0 saturated carbocycles. The van der Waals surface area contributed by atoms with Gasteiger partial charge >= 0.3 is 0 Å². The van der Waals surface area contributed by atoms with E-state index in [9.17, 15) is 19.9 Å². The van der Waals surface area contributed by atoms with Gasteiger partial charge in [-0.3, -0.25) is 0 Å². The summed E-state index contributed by atoms with van der Waals surface area (Å²) in [6.45, 7) is 6.02. The summed E-state index contributed by atoms with van der Waals surface area (Å²) in [5.74, 6) is 0.735. The molecule has 6 unspecified atom stereocenters. The number of carbonyl (C=O) groups excluding carboxylic acids is 1. The van der Waals surface area contributed by atoms with Crippen LogP contribution in [-0.4, -0.2) is 64.2 Å². The van der Waals surface area contributed by atoms with Crippen molar-refractivity contribution >= 4 is 18.0 Å². The van der Waals surface area contributed by atoms with E-state index in [1.807, 2.05) is 13.8 Å². The number of carbonyl (C=O) groups is 1. The first-order chi connectivity index (χ1) is 12.3. The number of aldehydes is 1. The first-order valence-corrected chi connectivity index (χ1v) is 10.5. The van der Waals surface area contributed by atoms with Crippen LogP contribution >= 0.6 is 11.8 Å². The van der Waals surface area contributed by atoms with E-state index in [0.717, 1.165) is 25.7 Å². The van der Waals surface area contributed by atoms with Crippen molar-refractivity contribution in [2.75, 3.05) is 11.5 Å². The van der Waals surface area contributed by atoms with Crippen LogP contribution in [0.5, 0.6) is 0 Å². The number of thioether (sulfide) groups is 1. The maximum Gasteiger partial charge on any atom is 0.186 e. The van der Waals surface area contributed by atoms with E-state index < -0.39 is 30.1 Å². The van der Waals surface area contributed by atoms with Gasteiger partial charge in [-0.05, 0) is 26.2 Å². The third-order valence-corrected chi connectivity index (χ3v) is 6.55. The predicted octanol–water partition coefficient (Wildman–Crippen LogP) is 2.12. The molecule has 0 amide bonds. The van der Waals surface area contributed by atoms with Gasteiger partial charge in [0.1, 0.15) is 12.4 Å². The Balaban J connectivity index is 2.15. The van der Waals surface area contributed by atoms with Crippen molar-refractivity contribution in [3.63, 3.8) is 0 Å². The monoisotopic (exact) mass is 389 g/mol. The Hall–Kier alpha value is -0.540. The quantitative estimate of drug-likeness (QED) is 0.529. The highest BCUT2D eigenvalue weighted by atomic mass is 32.2. The van der Waals surface area contributed by atoms with Crippen LogP contribution in [0.25, 0.3) is 0 Å². The van der Waals surface area contributed by atoms with Crippen LogP contribution in [-0.2, 0) is 14.3 Å². The summed E-state index contributed by atoms with van der Waals surface area (Å²) in [4.78, 5) is 21.3. The first kappa shape index (κ1) is 21.8. The van der Waals surface area contributed by atoms with Crippen LogP contribution in [0.4, 0.5) is 0 Å². The Bertz CT molecular complexity index is 469. The summed E-state index contributed by atoms with van der Waals surface area (Å²) in [5.41, 5.74) is -0.451. The number of hydrogen-bond acceptors (Lipinski definition) is 8.